The highest BCUT2D eigenvalue weighted by Gasteiger charge is 2.23. The molecule has 1 fully saturated rings. The van der Waals surface area contributed by atoms with Gasteiger partial charge < -0.3 is 10.2 Å². The molecule has 108 valence electrons. The number of hydrogen-bond donors (Lipinski definition) is 1. The molecule has 1 aliphatic heterocycles. The molecule has 1 atom stereocenters. The Hall–Kier alpha value is -1.43. The van der Waals surface area contributed by atoms with Gasteiger partial charge in [0, 0.05) is 30.0 Å². The van der Waals surface area contributed by atoms with Crippen LogP contribution in [0.3, 0.4) is 0 Å². The first-order valence-corrected chi connectivity index (χ1v) is 7.31. The predicted molar refractivity (Wildman–Crippen MR) is 76.8 cm³/mol. The third kappa shape index (κ3) is 3.36. The van der Waals surface area contributed by atoms with E-state index in [-0.39, 0.29) is 17.5 Å². The summed E-state index contributed by atoms with van der Waals surface area (Å²) in [4.78, 5) is 25.3. The maximum atomic E-state index is 13.7. The van der Waals surface area contributed by atoms with Crippen LogP contribution in [0.25, 0.3) is 0 Å². The number of halogens is 2. The van der Waals surface area contributed by atoms with Gasteiger partial charge in [0.15, 0.2) is 0 Å². The van der Waals surface area contributed by atoms with Crippen LogP contribution in [0.2, 0.25) is 0 Å². The van der Waals surface area contributed by atoms with Crippen molar-refractivity contribution in [1.82, 2.24) is 10.2 Å². The van der Waals surface area contributed by atoms with Crippen LogP contribution in [-0.2, 0) is 4.79 Å². The molecule has 0 spiro atoms. The van der Waals surface area contributed by atoms with Crippen molar-refractivity contribution in [2.75, 3.05) is 13.1 Å². The van der Waals surface area contributed by atoms with Crippen LogP contribution in [0.1, 0.15) is 30.1 Å². The first-order valence-electron chi connectivity index (χ1n) is 6.51. The van der Waals surface area contributed by atoms with Crippen molar-refractivity contribution >= 4 is 27.7 Å². The fourth-order valence-electron chi connectivity index (χ4n) is 2.28. The lowest BCUT2D eigenvalue weighted by Crippen LogP contribution is -2.42. The number of benzene rings is 1. The minimum Gasteiger partial charge on any atom is -0.348 e. The largest absolute Gasteiger partial charge is 0.348 e. The number of carbonyl (C=O) groups is 2. The molecule has 1 unspecified atom stereocenters. The van der Waals surface area contributed by atoms with Crippen molar-refractivity contribution in [2.45, 2.75) is 25.8 Å². The Balaban J connectivity index is 1.99. The highest BCUT2D eigenvalue weighted by atomic mass is 79.9. The molecule has 6 heteroatoms. The molecule has 20 heavy (non-hydrogen) atoms. The number of rotatable bonds is 4. The topological polar surface area (TPSA) is 49.4 Å². The summed E-state index contributed by atoms with van der Waals surface area (Å²) < 4.78 is 14.1. The number of nitrogens with zero attached hydrogens (tertiary/aromatic N) is 1. The Kier molecular flexibility index (Phi) is 4.75. The van der Waals surface area contributed by atoms with Crippen molar-refractivity contribution in [1.29, 1.82) is 0 Å². The van der Waals surface area contributed by atoms with Gasteiger partial charge in [0.05, 0.1) is 5.56 Å². The molecule has 0 aliphatic carbocycles. The molecule has 0 bridgehead atoms. The number of carbonyl (C=O) groups excluding carboxylic acids is 2. The monoisotopic (exact) mass is 342 g/mol. The minimum atomic E-state index is -0.568. The maximum Gasteiger partial charge on any atom is 0.255 e. The lowest BCUT2D eigenvalue weighted by Gasteiger charge is -2.22. The van der Waals surface area contributed by atoms with Crippen molar-refractivity contribution in [2.24, 2.45) is 0 Å². The highest BCUT2D eigenvalue weighted by molar-refractivity contribution is 9.10. The molecule has 0 aromatic heterocycles. The van der Waals surface area contributed by atoms with Gasteiger partial charge in [-0.25, -0.2) is 4.39 Å². The average molecular weight is 343 g/mol. The van der Waals surface area contributed by atoms with E-state index in [4.69, 9.17) is 0 Å². The third-order valence-electron chi connectivity index (χ3n) is 3.23. The summed E-state index contributed by atoms with van der Waals surface area (Å²) in [5, 5.41) is 2.72. The van der Waals surface area contributed by atoms with Crippen molar-refractivity contribution in [3.63, 3.8) is 0 Å². The smallest absolute Gasteiger partial charge is 0.255 e. The summed E-state index contributed by atoms with van der Waals surface area (Å²) in [5.74, 6) is -0.936. The summed E-state index contributed by atoms with van der Waals surface area (Å²) in [5.41, 5.74) is -0.00732. The first kappa shape index (κ1) is 15.0. The van der Waals surface area contributed by atoms with Gasteiger partial charge in [-0.2, -0.15) is 0 Å². The van der Waals surface area contributed by atoms with Crippen molar-refractivity contribution in [3.8, 4) is 0 Å². The van der Waals surface area contributed by atoms with Gasteiger partial charge in [-0.15, -0.1) is 0 Å². The number of amides is 2. The second kappa shape index (κ2) is 6.35. The van der Waals surface area contributed by atoms with Crippen LogP contribution in [0.4, 0.5) is 4.39 Å². The summed E-state index contributed by atoms with van der Waals surface area (Å²) in [6, 6.07) is 4.17. The number of hydrogen-bond acceptors (Lipinski definition) is 2. The van der Waals surface area contributed by atoms with Gasteiger partial charge in [0.25, 0.3) is 5.91 Å². The zero-order valence-corrected chi connectivity index (χ0v) is 12.7. The van der Waals surface area contributed by atoms with E-state index in [1.54, 1.807) is 17.9 Å². The molecule has 1 aliphatic rings. The quantitative estimate of drug-likeness (QED) is 0.912. The third-order valence-corrected chi connectivity index (χ3v) is 3.89. The van der Waals surface area contributed by atoms with E-state index >= 15 is 0 Å². The zero-order valence-electron chi connectivity index (χ0n) is 11.2. The summed E-state index contributed by atoms with van der Waals surface area (Å²) in [7, 11) is 0. The van der Waals surface area contributed by atoms with E-state index in [1.165, 1.54) is 12.1 Å². The van der Waals surface area contributed by atoms with E-state index in [0.29, 0.717) is 17.4 Å². The molecule has 1 saturated heterocycles. The zero-order chi connectivity index (χ0) is 14.7. The first-order chi connectivity index (χ1) is 9.49. The fraction of sp³-hybridized carbons (Fsp3) is 0.429. The van der Waals surface area contributed by atoms with Crippen LogP contribution in [0.5, 0.6) is 0 Å². The Morgan fingerprint density at radius 1 is 1.55 bits per heavy atom. The van der Waals surface area contributed by atoms with Crippen molar-refractivity contribution < 1.29 is 14.0 Å². The molecule has 2 rings (SSSR count). The van der Waals surface area contributed by atoms with E-state index < -0.39 is 11.7 Å². The molecule has 4 nitrogen and oxygen atoms in total. The van der Waals surface area contributed by atoms with Crippen LogP contribution in [0, 0.1) is 5.82 Å². The molecule has 1 heterocycles. The normalized spacial score (nSPS) is 16.4. The second-order valence-electron chi connectivity index (χ2n) is 4.91. The van der Waals surface area contributed by atoms with Gasteiger partial charge in [-0.1, -0.05) is 6.07 Å². The van der Waals surface area contributed by atoms with Gasteiger partial charge in [-0.05, 0) is 41.4 Å². The lowest BCUT2D eigenvalue weighted by atomic mass is 10.2. The number of nitrogens with one attached hydrogen (secondary N) is 1. The van der Waals surface area contributed by atoms with E-state index in [0.717, 1.165) is 13.0 Å². The highest BCUT2D eigenvalue weighted by Crippen LogP contribution is 2.19. The van der Waals surface area contributed by atoms with Gasteiger partial charge >= 0.3 is 0 Å². The van der Waals surface area contributed by atoms with Crippen molar-refractivity contribution in [3.05, 3.63) is 34.1 Å². The summed E-state index contributed by atoms with van der Waals surface area (Å²) in [6.07, 6.45) is 1.43. The van der Waals surface area contributed by atoms with Gasteiger partial charge in [0.1, 0.15) is 5.82 Å². The van der Waals surface area contributed by atoms with Crippen LogP contribution < -0.4 is 5.32 Å². The summed E-state index contributed by atoms with van der Waals surface area (Å²) in [6.45, 7) is 2.98. The van der Waals surface area contributed by atoms with Crippen LogP contribution >= 0.6 is 15.9 Å². The Morgan fingerprint density at radius 3 is 2.90 bits per heavy atom. The summed E-state index contributed by atoms with van der Waals surface area (Å²) >= 11 is 3.17. The molecule has 0 saturated carbocycles. The molecule has 1 aromatic carbocycles. The SMILES string of the molecule is CC(CN1CCCC1=O)NC(=O)c1c(F)cccc1Br. The van der Waals surface area contributed by atoms with Crippen LogP contribution in [-0.4, -0.2) is 35.8 Å². The van der Waals surface area contributed by atoms with E-state index in [2.05, 4.69) is 21.2 Å². The fourth-order valence-corrected chi connectivity index (χ4v) is 2.81. The molecule has 1 N–H and O–H groups in total. The van der Waals surface area contributed by atoms with E-state index in [9.17, 15) is 14.0 Å². The molecule has 1 aromatic rings. The second-order valence-corrected chi connectivity index (χ2v) is 5.77. The van der Waals surface area contributed by atoms with Gasteiger partial charge in [-0.3, -0.25) is 9.59 Å². The Bertz CT molecular complexity index is 516. The molecule has 0 radical (unpaired) electrons. The Morgan fingerprint density at radius 2 is 2.30 bits per heavy atom. The lowest BCUT2D eigenvalue weighted by molar-refractivity contribution is -0.127. The minimum absolute atomic E-state index is 0.00732. The molecule has 2 amide bonds. The standard InChI is InChI=1S/C14H16BrFN2O2/c1-9(8-18-7-3-6-12(18)19)17-14(20)13-10(15)4-2-5-11(13)16/h2,4-5,9H,3,6-8H2,1H3,(H,17,20). The predicted octanol–water partition coefficient (Wildman–Crippen LogP) is 2.33. The maximum absolute atomic E-state index is 13.7. The van der Waals surface area contributed by atoms with E-state index in [1.807, 2.05) is 0 Å². The van der Waals surface area contributed by atoms with Gasteiger partial charge in [0.2, 0.25) is 5.91 Å². The Labute approximate surface area is 125 Å². The molecular weight excluding hydrogens is 327 g/mol. The molecular formula is C14H16BrFN2O2. The van der Waals surface area contributed by atoms with Crippen LogP contribution in [0.15, 0.2) is 22.7 Å². The average Bonchev–Trinajstić information content (AvgIpc) is 2.74. The number of likely N-dealkylation sites (tertiary alicyclic amines) is 1.